The first-order valence-electron chi connectivity index (χ1n) is 5.54. The van der Waals surface area contributed by atoms with Crippen LogP contribution in [0.3, 0.4) is 0 Å². The maximum Gasteiger partial charge on any atom is 0.315 e. The van der Waals surface area contributed by atoms with Crippen molar-refractivity contribution in [3.63, 3.8) is 0 Å². The van der Waals surface area contributed by atoms with Crippen molar-refractivity contribution >= 4 is 17.6 Å². The number of carboxylic acids is 1. The Morgan fingerprint density at radius 2 is 2.00 bits per heavy atom. The van der Waals surface area contributed by atoms with Crippen molar-refractivity contribution in [3.8, 4) is 0 Å². The first kappa shape index (κ1) is 14.6. The van der Waals surface area contributed by atoms with Gasteiger partial charge < -0.3 is 10.0 Å². The Morgan fingerprint density at radius 3 is 2.53 bits per heavy atom. The Bertz CT molecular complexity index is 515. The summed E-state index contributed by atoms with van der Waals surface area (Å²) in [6.07, 6.45) is 0. The maximum atomic E-state index is 11.7. The third-order valence-electron chi connectivity index (χ3n) is 2.71. The summed E-state index contributed by atoms with van der Waals surface area (Å²) in [5.41, 5.74) is 0.270. The van der Waals surface area contributed by atoms with Crippen LogP contribution in [0.15, 0.2) is 24.3 Å². The van der Waals surface area contributed by atoms with Gasteiger partial charge in [-0.25, -0.2) is 0 Å². The summed E-state index contributed by atoms with van der Waals surface area (Å²) in [5, 5.41) is 19.6. The van der Waals surface area contributed by atoms with Gasteiger partial charge in [-0.3, -0.25) is 19.7 Å². The quantitative estimate of drug-likeness (QED) is 0.491. The summed E-state index contributed by atoms with van der Waals surface area (Å²) in [6, 6.07) is 6.03. The first-order chi connectivity index (χ1) is 8.84. The number of carbonyl (C=O) groups is 2. The Labute approximate surface area is 109 Å². The largest absolute Gasteiger partial charge is 0.481 e. The third-order valence-corrected chi connectivity index (χ3v) is 2.71. The molecular weight excluding hydrogens is 252 g/mol. The van der Waals surface area contributed by atoms with Crippen LogP contribution in [0.1, 0.15) is 12.5 Å². The van der Waals surface area contributed by atoms with Crippen molar-refractivity contribution in [2.24, 2.45) is 5.92 Å². The molecule has 0 radical (unpaired) electrons. The van der Waals surface area contributed by atoms with Crippen LogP contribution in [-0.4, -0.2) is 33.9 Å². The predicted octanol–water partition coefficient (Wildman–Crippen LogP) is 1.27. The Kier molecular flexibility index (Phi) is 4.57. The molecule has 0 heterocycles. The lowest BCUT2D eigenvalue weighted by atomic mass is 10.1. The molecule has 7 heteroatoms. The number of nitrogens with zero attached hydrogens (tertiary/aromatic N) is 2. The van der Waals surface area contributed by atoms with Gasteiger partial charge in [0.05, 0.1) is 11.5 Å². The Hall–Kier alpha value is -2.44. The van der Waals surface area contributed by atoms with Crippen LogP contribution in [0.2, 0.25) is 0 Å². The number of aliphatic carboxylic acids is 1. The minimum atomic E-state index is -1.22. The van der Waals surface area contributed by atoms with Gasteiger partial charge in [0.1, 0.15) is 5.92 Å². The fourth-order valence-electron chi connectivity index (χ4n) is 1.59. The van der Waals surface area contributed by atoms with E-state index in [0.29, 0.717) is 5.56 Å². The topological polar surface area (TPSA) is 101 Å². The molecule has 102 valence electrons. The van der Waals surface area contributed by atoms with Crippen LogP contribution in [0.5, 0.6) is 0 Å². The van der Waals surface area contributed by atoms with Crippen LogP contribution < -0.4 is 0 Å². The number of rotatable bonds is 5. The molecule has 1 rings (SSSR count). The van der Waals surface area contributed by atoms with E-state index in [1.54, 1.807) is 6.07 Å². The fourth-order valence-corrected chi connectivity index (χ4v) is 1.59. The average molecular weight is 266 g/mol. The van der Waals surface area contributed by atoms with Gasteiger partial charge in [0.25, 0.3) is 5.69 Å². The zero-order valence-corrected chi connectivity index (χ0v) is 10.6. The highest BCUT2D eigenvalue weighted by atomic mass is 16.6. The van der Waals surface area contributed by atoms with Gasteiger partial charge in [-0.05, 0) is 6.92 Å². The van der Waals surface area contributed by atoms with Crippen molar-refractivity contribution < 1.29 is 19.6 Å². The smallest absolute Gasteiger partial charge is 0.315 e. The van der Waals surface area contributed by atoms with Crippen LogP contribution in [0.4, 0.5) is 5.69 Å². The lowest BCUT2D eigenvalue weighted by molar-refractivity contribution is -0.385. The highest BCUT2D eigenvalue weighted by Gasteiger charge is 2.25. The number of hydrogen-bond acceptors (Lipinski definition) is 4. The molecule has 19 heavy (non-hydrogen) atoms. The first-order valence-corrected chi connectivity index (χ1v) is 5.54. The SMILES string of the molecule is CC(C(=O)O)C(=O)N(C)Cc1ccccc1[N+](=O)[O-]. The van der Waals surface area contributed by atoms with Gasteiger partial charge in [-0.1, -0.05) is 18.2 Å². The number of nitro groups is 1. The summed E-state index contributed by atoms with van der Waals surface area (Å²) in [4.78, 5) is 33.9. The van der Waals surface area contributed by atoms with Crippen molar-refractivity contribution in [2.75, 3.05) is 7.05 Å². The number of para-hydroxylation sites is 1. The number of carbonyl (C=O) groups excluding carboxylic acids is 1. The summed E-state index contributed by atoms with van der Waals surface area (Å²) < 4.78 is 0. The van der Waals surface area contributed by atoms with E-state index in [4.69, 9.17) is 5.11 Å². The van der Waals surface area contributed by atoms with E-state index in [2.05, 4.69) is 0 Å². The zero-order valence-electron chi connectivity index (χ0n) is 10.6. The minimum Gasteiger partial charge on any atom is -0.481 e. The van der Waals surface area contributed by atoms with E-state index in [1.165, 1.54) is 37.1 Å². The molecule has 0 saturated heterocycles. The molecule has 0 fully saturated rings. The third kappa shape index (κ3) is 3.51. The van der Waals surface area contributed by atoms with Gasteiger partial charge in [0.15, 0.2) is 0 Å². The van der Waals surface area contributed by atoms with E-state index < -0.39 is 22.7 Å². The van der Waals surface area contributed by atoms with Crippen molar-refractivity contribution in [1.82, 2.24) is 4.90 Å². The molecule has 0 aliphatic carbocycles. The molecule has 0 saturated carbocycles. The molecule has 1 aromatic carbocycles. The second-order valence-corrected chi connectivity index (χ2v) is 4.14. The monoisotopic (exact) mass is 266 g/mol. The number of benzene rings is 1. The minimum absolute atomic E-state index is 0.00634. The lowest BCUT2D eigenvalue weighted by Gasteiger charge is -2.19. The van der Waals surface area contributed by atoms with Crippen LogP contribution in [-0.2, 0) is 16.1 Å². The van der Waals surface area contributed by atoms with E-state index in [-0.39, 0.29) is 12.2 Å². The normalized spacial score (nSPS) is 11.7. The fraction of sp³-hybridized carbons (Fsp3) is 0.333. The van der Waals surface area contributed by atoms with Gasteiger partial charge >= 0.3 is 5.97 Å². The number of carboxylic acid groups (broad SMARTS) is 1. The van der Waals surface area contributed by atoms with E-state index in [0.717, 1.165) is 0 Å². The highest BCUT2D eigenvalue weighted by Crippen LogP contribution is 2.19. The summed E-state index contributed by atoms with van der Waals surface area (Å²) in [6.45, 7) is 1.27. The average Bonchev–Trinajstić information content (AvgIpc) is 2.37. The van der Waals surface area contributed by atoms with Crippen LogP contribution >= 0.6 is 0 Å². The second-order valence-electron chi connectivity index (χ2n) is 4.14. The molecule has 0 aromatic heterocycles. The molecule has 1 N–H and O–H groups in total. The Balaban J connectivity index is 2.88. The molecule has 0 bridgehead atoms. The van der Waals surface area contributed by atoms with E-state index in [9.17, 15) is 19.7 Å². The maximum absolute atomic E-state index is 11.7. The molecular formula is C12H14N2O5. The summed E-state index contributed by atoms with van der Waals surface area (Å²) in [5.74, 6) is -2.99. The molecule has 7 nitrogen and oxygen atoms in total. The molecule has 0 spiro atoms. The van der Waals surface area contributed by atoms with Crippen molar-refractivity contribution in [1.29, 1.82) is 0 Å². The zero-order chi connectivity index (χ0) is 14.6. The molecule has 0 aliphatic rings. The standard InChI is InChI=1S/C12H14N2O5/c1-8(12(16)17)11(15)13(2)7-9-5-3-4-6-10(9)14(18)19/h3-6,8H,7H2,1-2H3,(H,16,17). The second kappa shape index (κ2) is 5.94. The predicted molar refractivity (Wildman–Crippen MR) is 66.4 cm³/mol. The van der Waals surface area contributed by atoms with Crippen molar-refractivity contribution in [2.45, 2.75) is 13.5 Å². The number of hydrogen-bond donors (Lipinski definition) is 1. The van der Waals surface area contributed by atoms with Gasteiger partial charge in [-0.2, -0.15) is 0 Å². The van der Waals surface area contributed by atoms with Gasteiger partial charge in [-0.15, -0.1) is 0 Å². The number of amides is 1. The molecule has 1 atom stereocenters. The summed E-state index contributed by atoms with van der Waals surface area (Å²) >= 11 is 0. The van der Waals surface area contributed by atoms with Crippen LogP contribution in [0, 0.1) is 16.0 Å². The highest BCUT2D eigenvalue weighted by molar-refractivity contribution is 5.96. The van der Waals surface area contributed by atoms with Gasteiger partial charge in [0.2, 0.25) is 5.91 Å². The van der Waals surface area contributed by atoms with E-state index in [1.807, 2.05) is 0 Å². The van der Waals surface area contributed by atoms with Crippen molar-refractivity contribution in [3.05, 3.63) is 39.9 Å². The van der Waals surface area contributed by atoms with Gasteiger partial charge in [0, 0.05) is 18.7 Å². The molecule has 1 unspecified atom stereocenters. The van der Waals surface area contributed by atoms with E-state index >= 15 is 0 Å². The summed E-state index contributed by atoms with van der Waals surface area (Å²) in [7, 11) is 1.42. The molecule has 0 aliphatic heterocycles. The number of nitro benzene ring substituents is 1. The van der Waals surface area contributed by atoms with Crippen LogP contribution in [0.25, 0.3) is 0 Å². The molecule has 1 amide bonds. The Morgan fingerprint density at radius 1 is 1.42 bits per heavy atom. The lowest BCUT2D eigenvalue weighted by Crippen LogP contribution is -2.35. The molecule has 1 aromatic rings.